The molecule has 0 aliphatic heterocycles. The second-order valence-corrected chi connectivity index (χ2v) is 9.05. The van der Waals surface area contributed by atoms with Crippen LogP contribution >= 0.6 is 22.6 Å². The van der Waals surface area contributed by atoms with E-state index >= 15 is 0 Å². The number of amides is 1. The topological polar surface area (TPSA) is 92.8 Å². The Morgan fingerprint density at radius 2 is 2.00 bits per heavy atom. The van der Waals surface area contributed by atoms with Gasteiger partial charge in [0, 0.05) is 17.7 Å². The SMILES string of the molecule is CN(C)S(=O)(=O)c1ccc(I)c(C(=O)NCC(=O)OCC2CC2)c1. The standard InChI is InChI=1S/C15H19IN2O5S/c1-18(2)24(21,22)11-5-6-13(16)12(7-11)15(20)17-8-14(19)23-9-10-3-4-10/h5-7,10H,3-4,8-9H2,1-2H3,(H,17,20). The van der Waals surface area contributed by atoms with Gasteiger partial charge in [-0.1, -0.05) is 0 Å². The number of esters is 1. The molecule has 0 bridgehead atoms. The van der Waals surface area contributed by atoms with E-state index in [1.54, 1.807) is 6.07 Å². The first-order valence-corrected chi connectivity index (χ1v) is 9.89. The lowest BCUT2D eigenvalue weighted by Gasteiger charge is -2.13. The number of sulfonamides is 1. The molecule has 1 fully saturated rings. The zero-order valence-corrected chi connectivity index (χ0v) is 16.4. The highest BCUT2D eigenvalue weighted by atomic mass is 127. The molecule has 2 rings (SSSR count). The lowest BCUT2D eigenvalue weighted by molar-refractivity contribution is -0.142. The summed E-state index contributed by atoms with van der Waals surface area (Å²) in [5, 5.41) is 2.46. The van der Waals surface area contributed by atoms with Crippen molar-refractivity contribution in [2.75, 3.05) is 27.2 Å². The number of halogens is 1. The van der Waals surface area contributed by atoms with Gasteiger partial charge in [0.1, 0.15) is 6.54 Å². The third-order valence-electron chi connectivity index (χ3n) is 3.53. The van der Waals surface area contributed by atoms with Gasteiger partial charge in [-0.3, -0.25) is 9.59 Å². The van der Waals surface area contributed by atoms with Gasteiger partial charge in [0.2, 0.25) is 10.0 Å². The molecule has 24 heavy (non-hydrogen) atoms. The van der Waals surface area contributed by atoms with Gasteiger partial charge < -0.3 is 10.1 Å². The first kappa shape index (κ1) is 19.1. The van der Waals surface area contributed by atoms with Crippen molar-refractivity contribution in [1.82, 2.24) is 9.62 Å². The molecule has 1 amide bonds. The van der Waals surface area contributed by atoms with Crippen LogP contribution in [0.25, 0.3) is 0 Å². The second-order valence-electron chi connectivity index (χ2n) is 5.74. The number of rotatable bonds is 7. The minimum atomic E-state index is -3.63. The molecule has 7 nitrogen and oxygen atoms in total. The number of ether oxygens (including phenoxy) is 1. The average Bonchev–Trinajstić information content (AvgIpc) is 3.35. The first-order chi connectivity index (χ1) is 11.2. The maximum absolute atomic E-state index is 12.2. The van der Waals surface area contributed by atoms with Crippen molar-refractivity contribution in [3.63, 3.8) is 0 Å². The van der Waals surface area contributed by atoms with Crippen LogP contribution in [0.4, 0.5) is 0 Å². The van der Waals surface area contributed by atoms with E-state index in [1.807, 2.05) is 22.6 Å². The lowest BCUT2D eigenvalue weighted by Crippen LogP contribution is -2.31. The van der Waals surface area contributed by atoms with E-state index in [4.69, 9.17) is 4.74 Å². The van der Waals surface area contributed by atoms with E-state index in [9.17, 15) is 18.0 Å². The van der Waals surface area contributed by atoms with Gasteiger partial charge in [-0.05, 0) is 59.5 Å². The number of nitrogens with zero attached hydrogens (tertiary/aromatic N) is 1. The fraction of sp³-hybridized carbons (Fsp3) is 0.467. The Hall–Kier alpha value is -1.20. The Kier molecular flexibility index (Phi) is 6.21. The third kappa shape index (κ3) is 4.90. The molecule has 1 aromatic carbocycles. The number of hydrogen-bond donors (Lipinski definition) is 1. The van der Waals surface area contributed by atoms with E-state index in [2.05, 4.69) is 5.32 Å². The maximum atomic E-state index is 12.2. The Balaban J connectivity index is 2.04. The van der Waals surface area contributed by atoms with Crippen LogP contribution in [0.3, 0.4) is 0 Å². The summed E-state index contributed by atoms with van der Waals surface area (Å²) in [6, 6.07) is 4.30. The zero-order chi connectivity index (χ0) is 17.9. The number of hydrogen-bond acceptors (Lipinski definition) is 5. The van der Waals surface area contributed by atoms with Gasteiger partial charge in [0.05, 0.1) is 17.1 Å². The summed E-state index contributed by atoms with van der Waals surface area (Å²) in [4.78, 5) is 23.8. The molecule has 9 heteroatoms. The predicted molar refractivity (Wildman–Crippen MR) is 96.0 cm³/mol. The Bertz CT molecular complexity index is 744. The molecular formula is C15H19IN2O5S. The smallest absolute Gasteiger partial charge is 0.325 e. The van der Waals surface area contributed by atoms with E-state index < -0.39 is 21.9 Å². The fourth-order valence-electron chi connectivity index (χ4n) is 1.84. The maximum Gasteiger partial charge on any atom is 0.325 e. The van der Waals surface area contributed by atoms with Gasteiger partial charge in [-0.2, -0.15) is 0 Å². The van der Waals surface area contributed by atoms with E-state index in [0.29, 0.717) is 16.1 Å². The normalized spacial score (nSPS) is 14.5. The molecule has 0 aromatic heterocycles. The van der Waals surface area contributed by atoms with Crippen LogP contribution in [0.5, 0.6) is 0 Å². The molecular weight excluding hydrogens is 447 g/mol. The molecule has 0 atom stereocenters. The number of carbonyl (C=O) groups excluding carboxylic acids is 2. The van der Waals surface area contributed by atoms with E-state index in [0.717, 1.165) is 17.1 Å². The minimum absolute atomic E-state index is 0.0226. The van der Waals surface area contributed by atoms with Gasteiger partial charge in [-0.15, -0.1) is 0 Å². The Labute approximate surface area is 154 Å². The number of carbonyl (C=O) groups is 2. The Morgan fingerprint density at radius 1 is 1.33 bits per heavy atom. The second kappa shape index (κ2) is 7.79. The molecule has 0 heterocycles. The summed E-state index contributed by atoms with van der Waals surface area (Å²) in [7, 11) is -0.795. The average molecular weight is 466 g/mol. The molecule has 0 radical (unpaired) electrons. The van der Waals surface area contributed by atoms with Gasteiger partial charge >= 0.3 is 5.97 Å². The predicted octanol–water partition coefficient (Wildman–Crippen LogP) is 1.22. The van der Waals surface area contributed by atoms with Gasteiger partial charge in [-0.25, -0.2) is 12.7 Å². The summed E-state index contributed by atoms with van der Waals surface area (Å²) in [6.45, 7) is 0.148. The summed E-state index contributed by atoms with van der Waals surface area (Å²) >= 11 is 1.94. The highest BCUT2D eigenvalue weighted by molar-refractivity contribution is 14.1. The highest BCUT2D eigenvalue weighted by Gasteiger charge is 2.24. The highest BCUT2D eigenvalue weighted by Crippen LogP contribution is 2.28. The molecule has 0 saturated heterocycles. The van der Waals surface area contributed by atoms with Crippen molar-refractivity contribution in [1.29, 1.82) is 0 Å². The quantitative estimate of drug-likeness (QED) is 0.482. The van der Waals surface area contributed by atoms with Gasteiger partial charge in [0.25, 0.3) is 5.91 Å². The molecule has 1 saturated carbocycles. The molecule has 1 aliphatic carbocycles. The third-order valence-corrected chi connectivity index (χ3v) is 6.28. The zero-order valence-electron chi connectivity index (χ0n) is 13.4. The van der Waals surface area contributed by atoms with E-state index in [-0.39, 0.29) is 17.0 Å². The Morgan fingerprint density at radius 3 is 2.58 bits per heavy atom. The molecule has 0 spiro atoms. The molecule has 1 N–H and O–H groups in total. The van der Waals surface area contributed by atoms with Crippen LogP contribution in [-0.2, 0) is 19.6 Å². The van der Waals surface area contributed by atoms with Crippen molar-refractivity contribution in [2.45, 2.75) is 17.7 Å². The van der Waals surface area contributed by atoms with Crippen molar-refractivity contribution >= 4 is 44.5 Å². The summed E-state index contributed by atoms with van der Waals surface area (Å²) < 4.78 is 31.0. The van der Waals surface area contributed by atoms with Crippen LogP contribution < -0.4 is 5.32 Å². The molecule has 132 valence electrons. The largest absolute Gasteiger partial charge is 0.464 e. The summed E-state index contributed by atoms with van der Waals surface area (Å²) in [5.74, 6) is -0.556. The van der Waals surface area contributed by atoms with Crippen LogP contribution in [0, 0.1) is 9.49 Å². The molecule has 1 aliphatic rings. The van der Waals surface area contributed by atoms with Crippen LogP contribution in [0.1, 0.15) is 23.2 Å². The fourth-order valence-corrected chi connectivity index (χ4v) is 3.35. The lowest BCUT2D eigenvalue weighted by atomic mass is 10.2. The summed E-state index contributed by atoms with van der Waals surface area (Å²) in [6.07, 6.45) is 2.15. The van der Waals surface area contributed by atoms with E-state index in [1.165, 1.54) is 26.2 Å². The minimum Gasteiger partial charge on any atom is -0.464 e. The van der Waals surface area contributed by atoms with Crippen LogP contribution in [-0.4, -0.2) is 51.8 Å². The molecule has 0 unspecified atom stereocenters. The van der Waals surface area contributed by atoms with Crippen LogP contribution in [0.15, 0.2) is 23.1 Å². The van der Waals surface area contributed by atoms with Crippen molar-refractivity contribution in [3.05, 3.63) is 27.3 Å². The summed E-state index contributed by atoms with van der Waals surface area (Å²) in [5.41, 5.74) is 0.202. The van der Waals surface area contributed by atoms with Crippen molar-refractivity contribution in [2.24, 2.45) is 5.92 Å². The molecule has 1 aromatic rings. The van der Waals surface area contributed by atoms with Gasteiger partial charge in [0.15, 0.2) is 0 Å². The van der Waals surface area contributed by atoms with Crippen molar-refractivity contribution in [3.8, 4) is 0 Å². The first-order valence-electron chi connectivity index (χ1n) is 7.37. The number of benzene rings is 1. The number of nitrogens with one attached hydrogen (secondary N) is 1. The monoisotopic (exact) mass is 466 g/mol. The van der Waals surface area contributed by atoms with Crippen molar-refractivity contribution < 1.29 is 22.7 Å². The van der Waals surface area contributed by atoms with Crippen LogP contribution in [0.2, 0.25) is 0 Å².